The summed E-state index contributed by atoms with van der Waals surface area (Å²) in [7, 11) is 0. The van der Waals surface area contributed by atoms with E-state index in [-0.39, 0.29) is 18.2 Å². The number of hydroxylamine groups is 1. The maximum atomic E-state index is 14.0. The molecule has 8 nitrogen and oxygen atoms in total. The lowest BCUT2D eigenvalue weighted by Gasteiger charge is -2.15. The topological polar surface area (TPSA) is 118 Å². The number of rotatable bonds is 9. The Morgan fingerprint density at radius 3 is 1.78 bits per heavy atom. The number of aryl methyl sites for hydroxylation is 2. The van der Waals surface area contributed by atoms with Crippen molar-refractivity contribution in [2.24, 2.45) is 0 Å². The first-order chi connectivity index (χ1) is 17.9. The molecule has 3 amide bonds. The molecular weight excluding hydrogens is 468 g/mol. The molecule has 3 heterocycles. The molecule has 0 aliphatic carbocycles. The zero-order valence-electron chi connectivity index (χ0n) is 21.0. The lowest BCUT2D eigenvalue weighted by Crippen LogP contribution is -2.32. The van der Waals surface area contributed by atoms with Crippen LogP contribution in [0.1, 0.15) is 54.6 Å². The van der Waals surface area contributed by atoms with Gasteiger partial charge >= 0.3 is 0 Å². The van der Waals surface area contributed by atoms with Crippen LogP contribution in [-0.2, 0) is 14.4 Å². The van der Waals surface area contributed by atoms with Crippen molar-refractivity contribution >= 4 is 50.7 Å². The highest BCUT2D eigenvalue weighted by atomic mass is 16.5. The van der Waals surface area contributed by atoms with Crippen molar-refractivity contribution in [2.75, 3.05) is 6.54 Å². The second-order valence-corrected chi connectivity index (χ2v) is 9.55. The summed E-state index contributed by atoms with van der Waals surface area (Å²) in [5, 5.41) is 10.5. The Morgan fingerprint density at radius 2 is 1.27 bits per heavy atom. The number of imide groups is 1. The highest BCUT2D eigenvalue weighted by Gasteiger charge is 2.42. The summed E-state index contributed by atoms with van der Waals surface area (Å²) in [4.78, 5) is 47.2. The number of amides is 3. The number of para-hydroxylation sites is 2. The molecule has 4 N–H and O–H groups in total. The van der Waals surface area contributed by atoms with Gasteiger partial charge in [-0.2, -0.15) is 0 Å². The summed E-state index contributed by atoms with van der Waals surface area (Å²) in [6, 6.07) is 15.7. The predicted molar refractivity (Wildman–Crippen MR) is 143 cm³/mol. The van der Waals surface area contributed by atoms with Crippen LogP contribution in [0.3, 0.4) is 0 Å². The average Bonchev–Trinajstić information content (AvgIpc) is 3.48. The number of carbonyl (C=O) groups is 3. The Hall–Kier alpha value is -4.17. The van der Waals surface area contributed by atoms with Crippen LogP contribution in [0.25, 0.3) is 33.0 Å². The molecule has 0 saturated carbocycles. The standard InChI is InChI=1S/C29H30N4O4/c1-17-24(19-11-6-8-13-21(19)30-17)26-27(25-18(2)31-22-14-9-7-12-20(22)25)29(36)33(28(26)35)16-10-4-3-5-15-23(34)32-37/h6-9,11-14,30-31,37H,3-5,10,15-16H2,1-2H3,(H,32,34). The van der Waals surface area contributed by atoms with Crippen molar-refractivity contribution < 1.29 is 19.6 Å². The number of unbranched alkanes of at least 4 members (excludes halogenated alkanes) is 3. The van der Waals surface area contributed by atoms with Crippen LogP contribution < -0.4 is 5.48 Å². The average molecular weight is 499 g/mol. The van der Waals surface area contributed by atoms with E-state index in [0.717, 1.165) is 57.2 Å². The largest absolute Gasteiger partial charge is 0.358 e. The third-order valence-electron chi connectivity index (χ3n) is 7.12. The van der Waals surface area contributed by atoms with Crippen molar-refractivity contribution in [3.63, 3.8) is 0 Å². The van der Waals surface area contributed by atoms with E-state index in [1.165, 1.54) is 4.90 Å². The van der Waals surface area contributed by atoms with Crippen LogP contribution in [0.15, 0.2) is 48.5 Å². The molecule has 0 unspecified atom stereocenters. The molecule has 0 fully saturated rings. The Bertz CT molecular complexity index is 1460. The third-order valence-corrected chi connectivity index (χ3v) is 7.12. The van der Waals surface area contributed by atoms with Crippen molar-refractivity contribution in [1.29, 1.82) is 0 Å². The Balaban J connectivity index is 1.54. The zero-order valence-corrected chi connectivity index (χ0v) is 21.0. The fraction of sp³-hybridized carbons (Fsp3) is 0.276. The fourth-order valence-corrected chi connectivity index (χ4v) is 5.41. The van der Waals surface area contributed by atoms with Gasteiger partial charge in [-0.1, -0.05) is 49.2 Å². The molecule has 1 aliphatic rings. The minimum Gasteiger partial charge on any atom is -0.358 e. The van der Waals surface area contributed by atoms with Crippen LogP contribution in [0.2, 0.25) is 0 Å². The number of benzene rings is 2. The van der Waals surface area contributed by atoms with E-state index in [1.54, 1.807) is 5.48 Å². The minimum atomic E-state index is -0.411. The van der Waals surface area contributed by atoms with Gasteiger partial charge in [0.2, 0.25) is 5.91 Å². The monoisotopic (exact) mass is 498 g/mol. The number of hydrogen-bond acceptors (Lipinski definition) is 4. The third kappa shape index (κ3) is 4.34. The molecule has 0 atom stereocenters. The number of aromatic nitrogens is 2. The number of nitrogens with zero attached hydrogens (tertiary/aromatic N) is 1. The van der Waals surface area contributed by atoms with Gasteiger partial charge in [0, 0.05) is 57.3 Å². The first-order valence-corrected chi connectivity index (χ1v) is 12.6. The van der Waals surface area contributed by atoms with E-state index in [4.69, 9.17) is 5.21 Å². The summed E-state index contributed by atoms with van der Waals surface area (Å²) < 4.78 is 0. The number of H-pyrrole nitrogens is 2. The van der Waals surface area contributed by atoms with E-state index < -0.39 is 5.91 Å². The van der Waals surface area contributed by atoms with E-state index in [0.29, 0.717) is 30.5 Å². The van der Waals surface area contributed by atoms with E-state index in [1.807, 2.05) is 62.4 Å². The van der Waals surface area contributed by atoms with Crippen molar-refractivity contribution in [1.82, 2.24) is 20.3 Å². The highest BCUT2D eigenvalue weighted by molar-refractivity contribution is 6.51. The molecule has 0 saturated heterocycles. The van der Waals surface area contributed by atoms with Crippen LogP contribution >= 0.6 is 0 Å². The van der Waals surface area contributed by atoms with Crippen molar-refractivity contribution in [3.05, 3.63) is 71.0 Å². The molecular formula is C29H30N4O4. The van der Waals surface area contributed by atoms with Gasteiger partial charge in [0.15, 0.2) is 0 Å². The molecule has 190 valence electrons. The smallest absolute Gasteiger partial charge is 0.262 e. The van der Waals surface area contributed by atoms with E-state index in [9.17, 15) is 14.4 Å². The molecule has 2 aromatic carbocycles. The van der Waals surface area contributed by atoms with Gasteiger partial charge in [-0.05, 0) is 38.8 Å². The molecule has 0 bridgehead atoms. The van der Waals surface area contributed by atoms with Gasteiger partial charge < -0.3 is 9.97 Å². The van der Waals surface area contributed by atoms with Crippen LogP contribution in [0.5, 0.6) is 0 Å². The number of hydrogen-bond donors (Lipinski definition) is 4. The van der Waals surface area contributed by atoms with Crippen LogP contribution in [-0.4, -0.2) is 44.3 Å². The SMILES string of the molecule is Cc1[nH]c2ccccc2c1C1=C(c2c(C)[nH]c3ccccc23)C(=O)N(CCCCCCC(=O)NO)C1=O. The van der Waals surface area contributed by atoms with E-state index in [2.05, 4.69) is 9.97 Å². The predicted octanol–water partition coefficient (Wildman–Crippen LogP) is 5.00. The molecule has 8 heteroatoms. The number of fused-ring (bicyclic) bond motifs is 2. The van der Waals surface area contributed by atoms with Gasteiger partial charge in [-0.15, -0.1) is 0 Å². The quantitative estimate of drug-likeness (QED) is 0.112. The normalized spacial score (nSPS) is 14.0. The molecule has 37 heavy (non-hydrogen) atoms. The summed E-state index contributed by atoms with van der Waals surface area (Å²) in [5.41, 5.74) is 7.58. The summed E-state index contributed by atoms with van der Waals surface area (Å²) in [6.45, 7) is 4.18. The van der Waals surface area contributed by atoms with Gasteiger partial charge in [0.05, 0.1) is 11.1 Å². The molecule has 0 spiro atoms. The highest BCUT2D eigenvalue weighted by Crippen LogP contribution is 2.43. The summed E-state index contributed by atoms with van der Waals surface area (Å²) >= 11 is 0. The summed E-state index contributed by atoms with van der Waals surface area (Å²) in [6.07, 6.45) is 3.04. The maximum Gasteiger partial charge on any atom is 0.262 e. The molecule has 0 radical (unpaired) electrons. The Morgan fingerprint density at radius 1 is 0.784 bits per heavy atom. The number of nitrogens with one attached hydrogen (secondary N) is 3. The fourth-order valence-electron chi connectivity index (χ4n) is 5.41. The van der Waals surface area contributed by atoms with Crippen LogP contribution in [0, 0.1) is 13.8 Å². The van der Waals surface area contributed by atoms with Crippen LogP contribution in [0.4, 0.5) is 0 Å². The molecule has 1 aliphatic heterocycles. The minimum absolute atomic E-state index is 0.244. The van der Waals surface area contributed by atoms with Crippen molar-refractivity contribution in [2.45, 2.75) is 46.0 Å². The Labute approximate surface area is 214 Å². The van der Waals surface area contributed by atoms with Gasteiger partial charge in [0.1, 0.15) is 0 Å². The lowest BCUT2D eigenvalue weighted by atomic mass is 9.93. The van der Waals surface area contributed by atoms with E-state index >= 15 is 0 Å². The second-order valence-electron chi connectivity index (χ2n) is 9.55. The van der Waals surface area contributed by atoms with Gasteiger partial charge in [-0.3, -0.25) is 24.5 Å². The lowest BCUT2D eigenvalue weighted by molar-refractivity contribution is -0.136. The van der Waals surface area contributed by atoms with Gasteiger partial charge in [0.25, 0.3) is 11.8 Å². The zero-order chi connectivity index (χ0) is 26.1. The number of carbonyl (C=O) groups excluding carboxylic acids is 3. The molecule has 5 rings (SSSR count). The second kappa shape index (κ2) is 10.1. The van der Waals surface area contributed by atoms with Gasteiger partial charge in [-0.25, -0.2) is 5.48 Å². The number of aromatic amines is 2. The first kappa shape index (κ1) is 24.5. The summed E-state index contributed by atoms with van der Waals surface area (Å²) in [5.74, 6) is -0.971. The van der Waals surface area contributed by atoms with Crippen molar-refractivity contribution in [3.8, 4) is 0 Å². The Kier molecular flexibility index (Phi) is 6.67. The maximum absolute atomic E-state index is 14.0. The molecule has 2 aromatic heterocycles. The first-order valence-electron chi connectivity index (χ1n) is 12.6. The molecule has 4 aromatic rings.